The van der Waals surface area contributed by atoms with E-state index in [0.29, 0.717) is 28.4 Å². The molecule has 29 heavy (non-hydrogen) atoms. The van der Waals surface area contributed by atoms with E-state index in [1.165, 1.54) is 21.9 Å². The first kappa shape index (κ1) is 19.1. The molecule has 0 N–H and O–H groups in total. The predicted molar refractivity (Wildman–Crippen MR) is 116 cm³/mol. The number of nitrogens with zero attached hydrogens (tertiary/aromatic N) is 4. The number of allylic oxidation sites excluding steroid dienone is 1. The largest absolute Gasteiger partial charge is 0.293 e. The van der Waals surface area contributed by atoms with E-state index in [0.717, 1.165) is 11.9 Å². The fourth-order valence-electron chi connectivity index (χ4n) is 3.26. The number of rotatable bonds is 7. The SMILES string of the molecule is C=CCn1c(=O)c2ccccc2n2c(SCC(=O)c3ccc(CC)cc3)nnc12. The van der Waals surface area contributed by atoms with Crippen molar-refractivity contribution >= 4 is 34.2 Å². The number of hydrogen-bond acceptors (Lipinski definition) is 5. The molecular weight excluding hydrogens is 384 g/mol. The average molecular weight is 404 g/mol. The zero-order valence-corrected chi connectivity index (χ0v) is 16.9. The third-order valence-corrected chi connectivity index (χ3v) is 5.74. The van der Waals surface area contributed by atoms with Crippen molar-refractivity contribution in [3.05, 3.63) is 82.7 Å². The normalized spacial score (nSPS) is 11.2. The van der Waals surface area contributed by atoms with Crippen LogP contribution in [0, 0.1) is 0 Å². The average Bonchev–Trinajstić information content (AvgIpc) is 3.19. The Labute approximate surface area is 171 Å². The van der Waals surface area contributed by atoms with E-state index in [9.17, 15) is 9.59 Å². The molecule has 0 amide bonds. The topological polar surface area (TPSA) is 69.3 Å². The van der Waals surface area contributed by atoms with Crippen molar-refractivity contribution < 1.29 is 4.79 Å². The zero-order chi connectivity index (χ0) is 20.4. The third-order valence-electron chi connectivity index (χ3n) is 4.81. The van der Waals surface area contributed by atoms with Gasteiger partial charge in [0.1, 0.15) is 0 Å². The van der Waals surface area contributed by atoms with Crippen molar-refractivity contribution in [2.24, 2.45) is 0 Å². The van der Waals surface area contributed by atoms with Gasteiger partial charge in [-0.15, -0.1) is 16.8 Å². The Bertz CT molecular complexity index is 1270. The summed E-state index contributed by atoms with van der Waals surface area (Å²) in [5, 5.41) is 9.62. The summed E-state index contributed by atoms with van der Waals surface area (Å²) in [6.07, 6.45) is 2.59. The molecule has 0 fully saturated rings. The van der Waals surface area contributed by atoms with Crippen LogP contribution in [0.5, 0.6) is 0 Å². The number of aryl methyl sites for hydroxylation is 1. The van der Waals surface area contributed by atoms with Crippen LogP contribution in [0.2, 0.25) is 0 Å². The van der Waals surface area contributed by atoms with E-state index < -0.39 is 0 Å². The highest BCUT2D eigenvalue weighted by Gasteiger charge is 2.17. The highest BCUT2D eigenvalue weighted by Crippen LogP contribution is 2.22. The van der Waals surface area contributed by atoms with Crippen LogP contribution in [0.4, 0.5) is 0 Å². The van der Waals surface area contributed by atoms with Gasteiger partial charge in [-0.25, -0.2) is 0 Å². The van der Waals surface area contributed by atoms with Gasteiger partial charge in [0.05, 0.1) is 16.7 Å². The van der Waals surface area contributed by atoms with E-state index >= 15 is 0 Å². The summed E-state index contributed by atoms with van der Waals surface area (Å²) in [6, 6.07) is 15.0. The molecule has 0 aliphatic heterocycles. The first-order chi connectivity index (χ1) is 14.1. The van der Waals surface area contributed by atoms with E-state index in [-0.39, 0.29) is 17.1 Å². The van der Waals surface area contributed by atoms with Gasteiger partial charge in [0.15, 0.2) is 10.9 Å². The number of thioether (sulfide) groups is 1. The minimum absolute atomic E-state index is 0.0260. The third kappa shape index (κ3) is 3.49. The van der Waals surface area contributed by atoms with Crippen LogP contribution in [0.25, 0.3) is 16.7 Å². The number of carbonyl (C=O) groups is 1. The molecule has 0 unspecified atom stereocenters. The Morgan fingerprint density at radius 1 is 1.14 bits per heavy atom. The molecule has 2 heterocycles. The quantitative estimate of drug-likeness (QED) is 0.266. The molecule has 0 bridgehead atoms. The second-order valence-corrected chi connectivity index (χ2v) is 7.54. The summed E-state index contributed by atoms with van der Waals surface area (Å²) in [5.74, 6) is 0.704. The molecule has 2 aromatic carbocycles. The number of hydrogen-bond donors (Lipinski definition) is 0. The van der Waals surface area contributed by atoms with Crippen molar-refractivity contribution in [3.63, 3.8) is 0 Å². The van der Waals surface area contributed by atoms with Crippen molar-refractivity contribution in [1.29, 1.82) is 0 Å². The monoisotopic (exact) mass is 404 g/mol. The lowest BCUT2D eigenvalue weighted by atomic mass is 10.1. The highest BCUT2D eigenvalue weighted by molar-refractivity contribution is 7.99. The van der Waals surface area contributed by atoms with Crippen LogP contribution in [0.1, 0.15) is 22.8 Å². The van der Waals surface area contributed by atoms with Crippen LogP contribution in [-0.2, 0) is 13.0 Å². The second kappa shape index (κ2) is 8.05. The molecule has 0 spiro atoms. The smallest absolute Gasteiger partial charge is 0.263 e. The van der Waals surface area contributed by atoms with Crippen LogP contribution < -0.4 is 5.56 Å². The van der Waals surface area contributed by atoms with Gasteiger partial charge in [0.2, 0.25) is 5.78 Å². The first-order valence-electron chi connectivity index (χ1n) is 9.36. The standard InChI is InChI=1S/C22H20N4O2S/c1-3-13-25-20(28)17-7-5-6-8-18(17)26-21(25)23-24-22(26)29-14-19(27)16-11-9-15(4-2)10-12-16/h3,5-12H,1,4,13-14H2,2H3. The summed E-state index contributed by atoms with van der Waals surface area (Å²) in [7, 11) is 0. The lowest BCUT2D eigenvalue weighted by molar-refractivity contribution is 0.102. The number of carbonyl (C=O) groups excluding carboxylic acids is 1. The Morgan fingerprint density at radius 3 is 2.62 bits per heavy atom. The lowest BCUT2D eigenvalue weighted by Gasteiger charge is -2.09. The predicted octanol–water partition coefficient (Wildman–Crippen LogP) is 3.77. The number of aromatic nitrogens is 4. The van der Waals surface area contributed by atoms with E-state index in [2.05, 4.69) is 23.7 Å². The van der Waals surface area contributed by atoms with Gasteiger partial charge >= 0.3 is 0 Å². The van der Waals surface area contributed by atoms with Crippen LogP contribution in [0.3, 0.4) is 0 Å². The van der Waals surface area contributed by atoms with Gasteiger partial charge in [0, 0.05) is 12.1 Å². The van der Waals surface area contributed by atoms with Crippen LogP contribution in [-0.4, -0.2) is 30.7 Å². The van der Waals surface area contributed by atoms with Gasteiger partial charge < -0.3 is 0 Å². The maximum Gasteiger partial charge on any atom is 0.263 e. The van der Waals surface area contributed by atoms with Crippen molar-refractivity contribution in [2.75, 3.05) is 5.75 Å². The maximum atomic E-state index is 12.8. The Morgan fingerprint density at radius 2 is 1.90 bits per heavy atom. The summed E-state index contributed by atoms with van der Waals surface area (Å²) in [6.45, 7) is 6.14. The van der Waals surface area contributed by atoms with Crippen molar-refractivity contribution in [2.45, 2.75) is 25.0 Å². The first-order valence-corrected chi connectivity index (χ1v) is 10.3. The highest BCUT2D eigenvalue weighted by atomic mass is 32.2. The summed E-state index contributed by atoms with van der Waals surface area (Å²) in [5.41, 5.74) is 2.46. The van der Waals surface area contributed by atoms with Crippen LogP contribution in [0.15, 0.2) is 71.1 Å². The maximum absolute atomic E-state index is 12.8. The molecule has 0 radical (unpaired) electrons. The van der Waals surface area contributed by atoms with Crippen molar-refractivity contribution in [1.82, 2.24) is 19.2 Å². The van der Waals surface area contributed by atoms with Gasteiger partial charge in [-0.1, -0.05) is 61.2 Å². The minimum Gasteiger partial charge on any atom is -0.293 e. The number of para-hydroxylation sites is 1. The Hall–Kier alpha value is -3.19. The molecule has 2 aromatic heterocycles. The molecule has 0 atom stereocenters. The number of fused-ring (bicyclic) bond motifs is 3. The Kier molecular flexibility index (Phi) is 5.31. The molecule has 4 rings (SSSR count). The van der Waals surface area contributed by atoms with Crippen LogP contribution >= 0.6 is 11.8 Å². The van der Waals surface area contributed by atoms with Gasteiger partial charge in [-0.05, 0) is 24.1 Å². The number of Topliss-reactive ketones (excluding diaryl/α,β-unsaturated/α-hetero) is 1. The Balaban J connectivity index is 1.72. The van der Waals surface area contributed by atoms with Crippen molar-refractivity contribution in [3.8, 4) is 0 Å². The molecule has 0 saturated carbocycles. The van der Waals surface area contributed by atoms with Gasteiger partial charge in [0.25, 0.3) is 5.56 Å². The molecule has 4 aromatic rings. The fourth-order valence-corrected chi connectivity index (χ4v) is 4.10. The fraction of sp³-hybridized carbons (Fsp3) is 0.182. The van der Waals surface area contributed by atoms with E-state index in [1.807, 2.05) is 46.9 Å². The summed E-state index contributed by atoms with van der Waals surface area (Å²) < 4.78 is 3.37. The summed E-state index contributed by atoms with van der Waals surface area (Å²) >= 11 is 1.32. The zero-order valence-electron chi connectivity index (χ0n) is 16.0. The summed E-state index contributed by atoms with van der Waals surface area (Å²) in [4.78, 5) is 25.4. The minimum atomic E-state index is -0.135. The molecule has 6 nitrogen and oxygen atoms in total. The van der Waals surface area contributed by atoms with E-state index in [1.54, 1.807) is 12.1 Å². The second-order valence-electron chi connectivity index (χ2n) is 6.60. The molecule has 0 aliphatic carbocycles. The number of benzene rings is 2. The molecule has 146 valence electrons. The van der Waals surface area contributed by atoms with E-state index in [4.69, 9.17) is 0 Å². The molecule has 0 aliphatic rings. The number of ketones is 1. The molecule has 0 saturated heterocycles. The van der Waals surface area contributed by atoms with Gasteiger partial charge in [-0.3, -0.25) is 18.6 Å². The molecular formula is C22H20N4O2S. The lowest BCUT2D eigenvalue weighted by Crippen LogP contribution is -2.22. The molecule has 7 heteroatoms. The van der Waals surface area contributed by atoms with Gasteiger partial charge in [-0.2, -0.15) is 0 Å².